The molecule has 2 N–H and O–H groups in total. The van der Waals surface area contributed by atoms with Gasteiger partial charge in [-0.1, -0.05) is 29.8 Å². The highest BCUT2D eigenvalue weighted by atomic mass is 16.5. The van der Waals surface area contributed by atoms with Gasteiger partial charge in [-0.05, 0) is 62.6 Å². The minimum Gasteiger partial charge on any atom is -0.462 e. The first-order chi connectivity index (χ1) is 14.0. The maximum absolute atomic E-state index is 12.2. The summed E-state index contributed by atoms with van der Waals surface area (Å²) in [6.07, 6.45) is 1.08. The Balaban J connectivity index is 1.39. The minimum atomic E-state index is -0.361. The Bertz CT molecular complexity index is 818. The Morgan fingerprint density at radius 3 is 2.52 bits per heavy atom. The highest BCUT2D eigenvalue weighted by molar-refractivity contribution is 5.92. The molecule has 0 saturated carbocycles. The van der Waals surface area contributed by atoms with Gasteiger partial charge in [-0.15, -0.1) is 0 Å². The van der Waals surface area contributed by atoms with Crippen molar-refractivity contribution in [3.8, 4) is 0 Å². The van der Waals surface area contributed by atoms with Crippen molar-refractivity contribution < 1.29 is 14.3 Å². The number of esters is 1. The molecule has 2 amide bonds. The second kappa shape index (κ2) is 10.1. The van der Waals surface area contributed by atoms with Gasteiger partial charge in [-0.25, -0.2) is 9.59 Å². The first kappa shape index (κ1) is 20.9. The van der Waals surface area contributed by atoms with Gasteiger partial charge < -0.3 is 15.4 Å². The fourth-order valence-electron chi connectivity index (χ4n) is 3.49. The van der Waals surface area contributed by atoms with Crippen LogP contribution in [0.2, 0.25) is 0 Å². The molecule has 0 aliphatic carbocycles. The molecule has 2 aromatic carbocycles. The SMILES string of the molecule is CCOC(=O)c1ccc(NC(=O)NCC2CCN(Cc3ccc(C)cc3)C2)cc1. The van der Waals surface area contributed by atoms with Crippen LogP contribution in [0.3, 0.4) is 0 Å². The number of hydrogen-bond donors (Lipinski definition) is 2. The maximum atomic E-state index is 12.2. The molecule has 6 nitrogen and oxygen atoms in total. The van der Waals surface area contributed by atoms with E-state index >= 15 is 0 Å². The van der Waals surface area contributed by atoms with Crippen molar-refractivity contribution in [3.05, 3.63) is 65.2 Å². The van der Waals surface area contributed by atoms with E-state index in [-0.39, 0.29) is 12.0 Å². The number of hydrogen-bond acceptors (Lipinski definition) is 4. The topological polar surface area (TPSA) is 70.7 Å². The average Bonchev–Trinajstić information content (AvgIpc) is 3.16. The number of nitrogens with one attached hydrogen (secondary N) is 2. The van der Waals surface area contributed by atoms with Crippen molar-refractivity contribution in [1.29, 1.82) is 0 Å². The van der Waals surface area contributed by atoms with E-state index in [4.69, 9.17) is 4.74 Å². The molecule has 0 spiro atoms. The number of rotatable bonds is 7. The van der Waals surface area contributed by atoms with Gasteiger partial charge in [0.25, 0.3) is 0 Å². The van der Waals surface area contributed by atoms with Crippen LogP contribution in [0.25, 0.3) is 0 Å². The van der Waals surface area contributed by atoms with Gasteiger partial charge in [0, 0.05) is 25.3 Å². The summed E-state index contributed by atoms with van der Waals surface area (Å²) < 4.78 is 4.95. The van der Waals surface area contributed by atoms with E-state index in [0.717, 1.165) is 26.1 Å². The average molecular weight is 396 g/mol. The van der Waals surface area contributed by atoms with Gasteiger partial charge in [0.15, 0.2) is 0 Å². The number of aryl methyl sites for hydroxylation is 1. The number of benzene rings is 2. The van der Waals surface area contributed by atoms with Crippen LogP contribution in [0.5, 0.6) is 0 Å². The summed E-state index contributed by atoms with van der Waals surface area (Å²) in [4.78, 5) is 26.3. The number of anilines is 1. The summed E-state index contributed by atoms with van der Waals surface area (Å²) in [6.45, 7) is 7.85. The molecular formula is C23H29N3O3. The largest absolute Gasteiger partial charge is 0.462 e. The second-order valence-corrected chi connectivity index (χ2v) is 7.51. The number of nitrogens with zero attached hydrogens (tertiary/aromatic N) is 1. The second-order valence-electron chi connectivity index (χ2n) is 7.51. The van der Waals surface area contributed by atoms with Crippen molar-refractivity contribution in [1.82, 2.24) is 10.2 Å². The molecule has 1 fully saturated rings. The molecule has 0 aromatic heterocycles. The predicted octanol–water partition coefficient (Wildman–Crippen LogP) is 3.82. The Morgan fingerprint density at radius 2 is 1.83 bits per heavy atom. The van der Waals surface area contributed by atoms with Gasteiger partial charge in [0.2, 0.25) is 0 Å². The minimum absolute atomic E-state index is 0.231. The Morgan fingerprint density at radius 1 is 1.10 bits per heavy atom. The Kier molecular flexibility index (Phi) is 7.25. The van der Waals surface area contributed by atoms with Gasteiger partial charge in [-0.2, -0.15) is 0 Å². The molecule has 3 rings (SSSR count). The third kappa shape index (κ3) is 6.32. The summed E-state index contributed by atoms with van der Waals surface area (Å²) in [5, 5.41) is 5.76. The molecule has 1 unspecified atom stereocenters. The smallest absolute Gasteiger partial charge is 0.338 e. The number of ether oxygens (including phenoxy) is 1. The van der Waals surface area contributed by atoms with Gasteiger partial charge in [0.1, 0.15) is 0 Å². The molecule has 154 valence electrons. The third-order valence-corrected chi connectivity index (χ3v) is 5.10. The number of likely N-dealkylation sites (tertiary alicyclic amines) is 1. The standard InChI is InChI=1S/C23H29N3O3/c1-3-29-22(27)20-8-10-21(11-9-20)25-23(28)24-14-19-12-13-26(16-19)15-18-6-4-17(2)5-7-18/h4-11,19H,3,12-16H2,1-2H3,(H2,24,25,28). The number of urea groups is 1. The van der Waals surface area contributed by atoms with E-state index in [1.807, 2.05) is 0 Å². The Hall–Kier alpha value is -2.86. The number of amides is 2. The summed E-state index contributed by atoms with van der Waals surface area (Å²) in [5.74, 6) is 0.0947. The Labute approximate surface area is 172 Å². The van der Waals surface area contributed by atoms with E-state index in [1.165, 1.54) is 11.1 Å². The van der Waals surface area contributed by atoms with Crippen LogP contribution in [0, 0.1) is 12.8 Å². The van der Waals surface area contributed by atoms with E-state index < -0.39 is 0 Å². The molecule has 0 bridgehead atoms. The van der Waals surface area contributed by atoms with Crippen molar-refractivity contribution in [3.63, 3.8) is 0 Å². The van der Waals surface area contributed by atoms with Crippen LogP contribution >= 0.6 is 0 Å². The molecule has 1 saturated heterocycles. The highest BCUT2D eigenvalue weighted by Gasteiger charge is 2.22. The summed E-state index contributed by atoms with van der Waals surface area (Å²) in [5.41, 5.74) is 3.72. The number of carbonyl (C=O) groups excluding carboxylic acids is 2. The molecule has 6 heteroatoms. The monoisotopic (exact) mass is 395 g/mol. The van der Waals surface area contributed by atoms with E-state index in [9.17, 15) is 9.59 Å². The summed E-state index contributed by atoms with van der Waals surface area (Å²) in [7, 11) is 0. The lowest BCUT2D eigenvalue weighted by Gasteiger charge is -2.16. The molecule has 1 atom stereocenters. The molecular weight excluding hydrogens is 366 g/mol. The summed E-state index contributed by atoms with van der Waals surface area (Å²) in [6, 6.07) is 15.1. The zero-order valence-electron chi connectivity index (χ0n) is 17.1. The third-order valence-electron chi connectivity index (χ3n) is 5.10. The normalized spacial score (nSPS) is 16.4. The molecule has 2 aromatic rings. The van der Waals surface area contributed by atoms with E-state index in [2.05, 4.69) is 46.7 Å². The fraction of sp³-hybridized carbons (Fsp3) is 0.391. The van der Waals surface area contributed by atoms with Crippen LogP contribution < -0.4 is 10.6 Å². The maximum Gasteiger partial charge on any atom is 0.338 e. The van der Waals surface area contributed by atoms with E-state index in [1.54, 1.807) is 31.2 Å². The summed E-state index contributed by atoms with van der Waals surface area (Å²) >= 11 is 0. The lowest BCUT2D eigenvalue weighted by atomic mass is 10.1. The van der Waals surface area contributed by atoms with E-state index in [0.29, 0.717) is 30.3 Å². The predicted molar refractivity (Wildman–Crippen MR) is 114 cm³/mol. The number of carbonyl (C=O) groups is 2. The van der Waals surface area contributed by atoms with Gasteiger partial charge in [0.05, 0.1) is 12.2 Å². The molecule has 1 aliphatic heterocycles. The van der Waals surface area contributed by atoms with Gasteiger partial charge in [-0.3, -0.25) is 4.90 Å². The molecule has 1 heterocycles. The highest BCUT2D eigenvalue weighted by Crippen LogP contribution is 2.18. The van der Waals surface area contributed by atoms with Crippen molar-refractivity contribution in [2.75, 3.05) is 31.6 Å². The fourth-order valence-corrected chi connectivity index (χ4v) is 3.49. The molecule has 1 aliphatic rings. The first-order valence-electron chi connectivity index (χ1n) is 10.1. The zero-order valence-corrected chi connectivity index (χ0v) is 17.1. The lowest BCUT2D eigenvalue weighted by Crippen LogP contribution is -2.34. The van der Waals surface area contributed by atoms with Crippen LogP contribution in [-0.2, 0) is 11.3 Å². The van der Waals surface area contributed by atoms with Crippen LogP contribution in [0.15, 0.2) is 48.5 Å². The van der Waals surface area contributed by atoms with Crippen molar-refractivity contribution >= 4 is 17.7 Å². The molecule has 29 heavy (non-hydrogen) atoms. The van der Waals surface area contributed by atoms with Crippen LogP contribution in [0.4, 0.5) is 10.5 Å². The quantitative estimate of drug-likeness (QED) is 0.700. The van der Waals surface area contributed by atoms with Crippen LogP contribution in [-0.4, -0.2) is 43.1 Å². The van der Waals surface area contributed by atoms with Crippen molar-refractivity contribution in [2.24, 2.45) is 5.92 Å². The lowest BCUT2D eigenvalue weighted by molar-refractivity contribution is 0.0526. The van der Waals surface area contributed by atoms with Gasteiger partial charge >= 0.3 is 12.0 Å². The van der Waals surface area contributed by atoms with Crippen LogP contribution in [0.1, 0.15) is 34.8 Å². The van der Waals surface area contributed by atoms with Crippen molar-refractivity contribution in [2.45, 2.75) is 26.8 Å². The zero-order chi connectivity index (χ0) is 20.6. The first-order valence-corrected chi connectivity index (χ1v) is 10.1. The molecule has 0 radical (unpaired) electrons.